The van der Waals surface area contributed by atoms with Crippen LogP contribution in [0.4, 0.5) is 0 Å². The average molecular weight is 545 g/mol. The predicted molar refractivity (Wildman–Crippen MR) is 165 cm³/mol. The number of benzene rings is 2. The zero-order valence-electron chi connectivity index (χ0n) is 24.8. The van der Waals surface area contributed by atoms with E-state index in [4.69, 9.17) is 0 Å². The van der Waals surface area contributed by atoms with Gasteiger partial charge in [0.15, 0.2) is 0 Å². The topological polar surface area (TPSA) is 54.4 Å². The van der Waals surface area contributed by atoms with E-state index >= 15 is 0 Å². The van der Waals surface area contributed by atoms with Crippen LogP contribution < -0.4 is 0 Å². The molecule has 0 fully saturated rings. The molecule has 0 amide bonds. The Morgan fingerprint density at radius 2 is 0.868 bits per heavy atom. The van der Waals surface area contributed by atoms with Crippen LogP contribution in [0.25, 0.3) is 10.8 Å². The van der Waals surface area contributed by atoms with Crippen LogP contribution in [0, 0.1) is 0 Å². The van der Waals surface area contributed by atoms with E-state index in [2.05, 4.69) is 26.8 Å². The first-order valence-corrected chi connectivity index (χ1v) is 17.4. The van der Waals surface area contributed by atoms with Crippen molar-refractivity contribution in [1.29, 1.82) is 0 Å². The molecule has 3 nitrogen and oxygen atoms in total. The molecular formula is C34H56O3S. The Labute approximate surface area is 235 Å². The van der Waals surface area contributed by atoms with Crippen LogP contribution in [0.1, 0.15) is 153 Å². The van der Waals surface area contributed by atoms with Gasteiger partial charge in [-0.1, -0.05) is 141 Å². The number of hydrogen-bond acceptors (Lipinski definition) is 2. The highest BCUT2D eigenvalue weighted by atomic mass is 32.2. The van der Waals surface area contributed by atoms with Crippen molar-refractivity contribution in [2.45, 2.75) is 161 Å². The van der Waals surface area contributed by atoms with Crippen LogP contribution >= 0.6 is 0 Å². The van der Waals surface area contributed by atoms with Crippen LogP contribution in [0.2, 0.25) is 0 Å². The minimum Gasteiger partial charge on any atom is -0.282 e. The first-order chi connectivity index (χ1) is 18.5. The van der Waals surface area contributed by atoms with E-state index < -0.39 is 10.1 Å². The largest absolute Gasteiger partial charge is 0.295 e. The fourth-order valence-corrected chi connectivity index (χ4v) is 6.97. The fraction of sp³-hybridized carbons (Fsp3) is 0.706. The van der Waals surface area contributed by atoms with Gasteiger partial charge < -0.3 is 0 Å². The average Bonchev–Trinajstić information content (AvgIpc) is 2.89. The maximum Gasteiger partial charge on any atom is 0.295 e. The molecule has 0 aliphatic heterocycles. The SMILES string of the molecule is CCCCCCCCc1c(CCCCCCCC)c(S(=O)(=O)O)c2ccccc2c1CCCCCCCC. The van der Waals surface area contributed by atoms with Crippen LogP contribution in [-0.4, -0.2) is 13.0 Å². The van der Waals surface area contributed by atoms with Gasteiger partial charge in [0.25, 0.3) is 10.1 Å². The molecule has 1 N–H and O–H groups in total. The standard InChI is InChI=1S/C34H56O3S/c1-4-7-10-13-16-19-24-29-30(25-20-17-14-11-8-5-2)32(27-21-18-15-12-9-6-3)34(38(35,36)37)33-28-23-22-26-31(29)33/h22-23,26,28H,4-21,24-25,27H2,1-3H3,(H,35,36,37). The fourth-order valence-electron chi connectivity index (χ4n) is 5.98. The lowest BCUT2D eigenvalue weighted by atomic mass is 9.86. The Hall–Kier alpha value is -1.39. The highest BCUT2D eigenvalue weighted by Crippen LogP contribution is 2.37. The summed E-state index contributed by atoms with van der Waals surface area (Å²) in [5.41, 5.74) is 3.49. The Kier molecular flexibility index (Phi) is 16.3. The Morgan fingerprint density at radius 1 is 0.500 bits per heavy atom. The smallest absolute Gasteiger partial charge is 0.282 e. The van der Waals surface area contributed by atoms with Gasteiger partial charge in [-0.25, -0.2) is 0 Å². The van der Waals surface area contributed by atoms with E-state index in [1.54, 1.807) is 0 Å². The molecule has 0 aliphatic rings. The third-order valence-corrected chi connectivity index (χ3v) is 9.08. The van der Waals surface area contributed by atoms with E-state index in [0.717, 1.165) is 55.9 Å². The molecule has 0 heterocycles. The van der Waals surface area contributed by atoms with E-state index in [1.807, 2.05) is 18.2 Å². The molecule has 0 saturated heterocycles. The van der Waals surface area contributed by atoms with Crippen molar-refractivity contribution in [3.05, 3.63) is 41.0 Å². The summed E-state index contributed by atoms with van der Waals surface area (Å²) in [4.78, 5) is 0.189. The maximum absolute atomic E-state index is 12.9. The van der Waals surface area contributed by atoms with Gasteiger partial charge in [-0.05, 0) is 60.6 Å². The zero-order valence-corrected chi connectivity index (χ0v) is 25.6. The first kappa shape index (κ1) is 32.8. The lowest BCUT2D eigenvalue weighted by Crippen LogP contribution is -2.12. The second kappa shape index (κ2) is 18.8. The number of hydrogen-bond donors (Lipinski definition) is 1. The summed E-state index contributed by atoms with van der Waals surface area (Å²) < 4.78 is 36.2. The third-order valence-electron chi connectivity index (χ3n) is 8.10. The highest BCUT2D eigenvalue weighted by molar-refractivity contribution is 7.86. The Bertz CT molecular complexity index is 1030. The van der Waals surface area contributed by atoms with Crippen LogP contribution in [0.5, 0.6) is 0 Å². The normalized spacial score (nSPS) is 12.0. The summed E-state index contributed by atoms with van der Waals surface area (Å²) in [5.74, 6) is 0. The van der Waals surface area contributed by atoms with Crippen molar-refractivity contribution >= 4 is 20.9 Å². The Balaban J connectivity index is 2.43. The van der Waals surface area contributed by atoms with Crippen molar-refractivity contribution in [2.75, 3.05) is 0 Å². The molecule has 38 heavy (non-hydrogen) atoms. The molecule has 0 aliphatic carbocycles. The zero-order chi connectivity index (χ0) is 27.6. The monoisotopic (exact) mass is 544 g/mol. The summed E-state index contributed by atoms with van der Waals surface area (Å²) in [7, 11) is -4.33. The number of aryl methyl sites for hydroxylation is 1. The summed E-state index contributed by atoms with van der Waals surface area (Å²) in [6.07, 6.45) is 24.5. The van der Waals surface area contributed by atoms with Crippen LogP contribution in [0.3, 0.4) is 0 Å². The van der Waals surface area contributed by atoms with Crippen molar-refractivity contribution in [1.82, 2.24) is 0 Å². The molecule has 0 radical (unpaired) electrons. The van der Waals surface area contributed by atoms with E-state index in [9.17, 15) is 13.0 Å². The van der Waals surface area contributed by atoms with Gasteiger partial charge in [-0.15, -0.1) is 0 Å². The lowest BCUT2D eigenvalue weighted by molar-refractivity contribution is 0.482. The van der Waals surface area contributed by atoms with Crippen molar-refractivity contribution < 1.29 is 13.0 Å². The van der Waals surface area contributed by atoms with Gasteiger partial charge in [-0.3, -0.25) is 4.55 Å². The molecule has 0 unspecified atom stereocenters. The van der Waals surface area contributed by atoms with Crippen LogP contribution in [-0.2, 0) is 29.4 Å². The minimum atomic E-state index is -4.33. The highest BCUT2D eigenvalue weighted by Gasteiger charge is 2.25. The van der Waals surface area contributed by atoms with Gasteiger partial charge >= 0.3 is 0 Å². The molecule has 0 aromatic heterocycles. The molecule has 0 saturated carbocycles. The van der Waals surface area contributed by atoms with Gasteiger partial charge in [-0.2, -0.15) is 8.42 Å². The van der Waals surface area contributed by atoms with E-state index in [1.165, 1.54) is 101 Å². The summed E-state index contributed by atoms with van der Waals surface area (Å²) in [6.45, 7) is 6.73. The van der Waals surface area contributed by atoms with E-state index in [-0.39, 0.29) is 4.90 Å². The second-order valence-electron chi connectivity index (χ2n) is 11.3. The van der Waals surface area contributed by atoms with Gasteiger partial charge in [0.2, 0.25) is 0 Å². The molecular weight excluding hydrogens is 488 g/mol. The second-order valence-corrected chi connectivity index (χ2v) is 12.7. The van der Waals surface area contributed by atoms with Gasteiger partial charge in [0, 0.05) is 5.39 Å². The van der Waals surface area contributed by atoms with Gasteiger partial charge in [0.05, 0.1) is 0 Å². The van der Waals surface area contributed by atoms with Crippen molar-refractivity contribution in [3.8, 4) is 0 Å². The molecule has 0 bridgehead atoms. The molecule has 2 aromatic rings. The predicted octanol–water partition coefficient (Wildman–Crippen LogP) is 10.8. The van der Waals surface area contributed by atoms with Crippen LogP contribution in [0.15, 0.2) is 29.2 Å². The Morgan fingerprint density at radius 3 is 1.32 bits per heavy atom. The first-order valence-electron chi connectivity index (χ1n) is 16.0. The maximum atomic E-state index is 12.9. The summed E-state index contributed by atoms with van der Waals surface area (Å²) >= 11 is 0. The molecule has 2 rings (SSSR count). The van der Waals surface area contributed by atoms with Crippen molar-refractivity contribution in [2.24, 2.45) is 0 Å². The third kappa shape index (κ3) is 11.0. The summed E-state index contributed by atoms with van der Waals surface area (Å²) in [6, 6.07) is 7.91. The number of fused-ring (bicyclic) bond motifs is 1. The van der Waals surface area contributed by atoms with Gasteiger partial charge in [0.1, 0.15) is 4.90 Å². The number of rotatable bonds is 22. The summed E-state index contributed by atoms with van der Waals surface area (Å²) in [5, 5.41) is 1.74. The quantitative estimate of drug-likeness (QED) is 0.118. The lowest BCUT2D eigenvalue weighted by Gasteiger charge is -2.22. The van der Waals surface area contributed by atoms with E-state index in [0.29, 0.717) is 5.39 Å². The molecule has 2 aromatic carbocycles. The number of unbranched alkanes of at least 4 members (excludes halogenated alkanes) is 15. The van der Waals surface area contributed by atoms with Crippen molar-refractivity contribution in [3.63, 3.8) is 0 Å². The molecule has 0 spiro atoms. The molecule has 216 valence electrons. The molecule has 4 heteroatoms. The molecule has 0 atom stereocenters. The minimum absolute atomic E-state index is 0.189.